The van der Waals surface area contributed by atoms with Gasteiger partial charge in [0, 0.05) is 22.4 Å². The lowest BCUT2D eigenvalue weighted by atomic mass is 9.90. The second-order valence-corrected chi connectivity index (χ2v) is 8.57. The van der Waals surface area contributed by atoms with Gasteiger partial charge in [-0.05, 0) is 81.4 Å². The number of nitrogens with zero attached hydrogens (tertiary/aromatic N) is 3. The lowest BCUT2D eigenvalue weighted by molar-refractivity contribution is 0.103. The van der Waals surface area contributed by atoms with Gasteiger partial charge < -0.3 is 10.7 Å². The molecule has 0 spiro atoms. The Morgan fingerprint density at radius 1 is 1.06 bits per heavy atom. The topological polar surface area (TPSA) is 64.2 Å². The first-order chi connectivity index (χ1) is 15.1. The maximum Gasteiger partial charge on any atom is 0.193 e. The number of halogens is 1. The fourth-order valence-electron chi connectivity index (χ4n) is 4.57. The van der Waals surface area contributed by atoms with Crippen LogP contribution >= 0.6 is 0 Å². The largest absolute Gasteiger partial charge is 0.323 e. The average Bonchev–Trinajstić information content (AvgIpc) is 3.13. The highest BCUT2D eigenvalue weighted by molar-refractivity contribution is 6.10. The minimum Gasteiger partial charge on any atom is -0.323 e. The molecule has 0 bridgehead atoms. The second-order valence-electron chi connectivity index (χ2n) is 8.57. The molecule has 3 aromatic rings. The van der Waals surface area contributed by atoms with Gasteiger partial charge in [-0.3, -0.25) is 4.79 Å². The summed E-state index contributed by atoms with van der Waals surface area (Å²) in [5, 5.41) is 5.57. The van der Waals surface area contributed by atoms with Crippen LogP contribution in [0.4, 0.5) is 4.39 Å². The third kappa shape index (κ3) is 4.79. The summed E-state index contributed by atoms with van der Waals surface area (Å²) < 4.78 is 13.2. The molecule has 0 saturated carbocycles. The van der Waals surface area contributed by atoms with Crippen LogP contribution in [0.15, 0.2) is 42.5 Å². The molecule has 0 atom stereocenters. The van der Waals surface area contributed by atoms with Gasteiger partial charge in [0.15, 0.2) is 5.78 Å². The number of hydrogen-bond donors (Lipinski definition) is 1. The number of nitrogen functional groups attached to an aromatic ring is 1. The Kier molecular flexibility index (Phi) is 6.66. The number of carbonyl (C=O) groups excluding carboxylic acids is 1. The second kappa shape index (κ2) is 9.60. The van der Waals surface area contributed by atoms with Crippen LogP contribution in [0, 0.1) is 5.82 Å². The molecule has 0 amide bonds. The SMILES string of the molecule is CCCCCCN1CCC(c2nn(N)c3ccc(C(=O)c4ccc(F)cc4)cc23)CC1. The minimum atomic E-state index is -0.351. The summed E-state index contributed by atoms with van der Waals surface area (Å²) in [6.45, 7) is 5.56. The zero-order valence-corrected chi connectivity index (χ0v) is 18.2. The van der Waals surface area contributed by atoms with Crippen LogP contribution in [0.25, 0.3) is 10.9 Å². The number of rotatable bonds is 8. The third-order valence-electron chi connectivity index (χ3n) is 6.41. The van der Waals surface area contributed by atoms with E-state index in [0.29, 0.717) is 17.0 Å². The number of likely N-dealkylation sites (tertiary alicyclic amines) is 1. The van der Waals surface area contributed by atoms with E-state index in [1.165, 1.54) is 61.3 Å². The third-order valence-corrected chi connectivity index (χ3v) is 6.41. The van der Waals surface area contributed by atoms with E-state index in [1.807, 2.05) is 12.1 Å². The lowest BCUT2D eigenvalue weighted by Gasteiger charge is -2.31. The van der Waals surface area contributed by atoms with Crippen LogP contribution in [-0.2, 0) is 0 Å². The molecule has 6 heteroatoms. The number of piperidine rings is 1. The number of hydrogen-bond acceptors (Lipinski definition) is 4. The van der Waals surface area contributed by atoms with Gasteiger partial charge >= 0.3 is 0 Å². The van der Waals surface area contributed by atoms with E-state index in [1.54, 1.807) is 6.07 Å². The first-order valence-electron chi connectivity index (χ1n) is 11.4. The summed E-state index contributed by atoms with van der Waals surface area (Å²) in [5.74, 6) is 5.99. The number of carbonyl (C=O) groups is 1. The zero-order chi connectivity index (χ0) is 21.8. The van der Waals surface area contributed by atoms with Crippen LogP contribution in [0.3, 0.4) is 0 Å². The average molecular weight is 423 g/mol. The van der Waals surface area contributed by atoms with Gasteiger partial charge in [-0.15, -0.1) is 0 Å². The molecule has 1 aliphatic heterocycles. The number of aromatic nitrogens is 2. The molecule has 31 heavy (non-hydrogen) atoms. The van der Waals surface area contributed by atoms with Crippen molar-refractivity contribution in [2.75, 3.05) is 25.5 Å². The standard InChI is InChI=1S/C25H31FN4O/c1-2-3-4-5-14-29-15-12-18(13-16-29)24-22-17-20(8-11-23(22)30(27)28-24)25(31)19-6-9-21(26)10-7-19/h6-11,17-18H,2-5,12-16,27H2,1H3. The highest BCUT2D eigenvalue weighted by Crippen LogP contribution is 2.33. The molecule has 0 unspecified atom stereocenters. The van der Waals surface area contributed by atoms with Gasteiger partial charge in [0.2, 0.25) is 0 Å². The smallest absolute Gasteiger partial charge is 0.193 e. The molecule has 0 radical (unpaired) electrons. The normalized spacial score (nSPS) is 15.5. The van der Waals surface area contributed by atoms with Crippen molar-refractivity contribution in [2.24, 2.45) is 0 Å². The predicted octanol–water partition coefficient (Wildman–Crippen LogP) is 4.88. The summed E-state index contributed by atoms with van der Waals surface area (Å²) in [7, 11) is 0. The predicted molar refractivity (Wildman–Crippen MR) is 122 cm³/mol. The van der Waals surface area contributed by atoms with Crippen LogP contribution in [0.1, 0.15) is 73.0 Å². The van der Waals surface area contributed by atoms with Crippen molar-refractivity contribution in [1.82, 2.24) is 14.8 Å². The molecule has 5 nitrogen and oxygen atoms in total. The number of fused-ring (bicyclic) bond motifs is 1. The molecule has 4 rings (SSSR count). The van der Waals surface area contributed by atoms with E-state index in [0.717, 1.165) is 42.5 Å². The quantitative estimate of drug-likeness (QED) is 0.319. The first-order valence-corrected chi connectivity index (χ1v) is 11.4. The Bertz CT molecular complexity index is 1040. The van der Waals surface area contributed by atoms with Crippen molar-refractivity contribution in [1.29, 1.82) is 0 Å². The monoisotopic (exact) mass is 422 g/mol. The molecule has 1 fully saturated rings. The fraction of sp³-hybridized carbons (Fsp3) is 0.440. The highest BCUT2D eigenvalue weighted by Gasteiger charge is 2.25. The van der Waals surface area contributed by atoms with Gasteiger partial charge in [-0.1, -0.05) is 26.2 Å². The zero-order valence-electron chi connectivity index (χ0n) is 18.2. The molecule has 1 aliphatic rings. The molecule has 1 saturated heterocycles. The Morgan fingerprint density at radius 3 is 2.48 bits per heavy atom. The van der Waals surface area contributed by atoms with Gasteiger partial charge in [0.25, 0.3) is 0 Å². The van der Waals surface area contributed by atoms with Crippen LogP contribution < -0.4 is 5.84 Å². The van der Waals surface area contributed by atoms with Gasteiger partial charge in [0.05, 0.1) is 11.2 Å². The maximum atomic E-state index is 13.2. The van der Waals surface area contributed by atoms with Crippen LogP contribution in [-0.4, -0.2) is 40.2 Å². The Labute approximate surface area is 183 Å². The Morgan fingerprint density at radius 2 is 1.77 bits per heavy atom. The number of benzene rings is 2. The highest BCUT2D eigenvalue weighted by atomic mass is 19.1. The van der Waals surface area contributed by atoms with Gasteiger partial charge in [-0.25, -0.2) is 4.39 Å². The molecule has 0 aliphatic carbocycles. The van der Waals surface area contributed by atoms with E-state index in [-0.39, 0.29) is 11.6 Å². The van der Waals surface area contributed by atoms with Crippen LogP contribution in [0.2, 0.25) is 0 Å². The van der Waals surface area contributed by atoms with Crippen molar-refractivity contribution in [3.05, 3.63) is 65.1 Å². The van der Waals surface area contributed by atoms with Gasteiger partial charge in [0.1, 0.15) is 5.82 Å². The lowest BCUT2D eigenvalue weighted by Crippen LogP contribution is -2.33. The molecule has 2 aromatic carbocycles. The minimum absolute atomic E-state index is 0.125. The molecular formula is C25H31FN4O. The van der Waals surface area contributed by atoms with Crippen molar-refractivity contribution in [2.45, 2.75) is 51.4 Å². The molecule has 2 N–H and O–H groups in total. The Hall–Kier alpha value is -2.73. The Balaban J connectivity index is 1.50. The number of nitrogens with two attached hydrogens (primary N) is 1. The van der Waals surface area contributed by atoms with E-state index < -0.39 is 0 Å². The van der Waals surface area contributed by atoms with Crippen molar-refractivity contribution < 1.29 is 9.18 Å². The molecule has 164 valence electrons. The van der Waals surface area contributed by atoms with Crippen molar-refractivity contribution >= 4 is 16.7 Å². The maximum absolute atomic E-state index is 13.2. The summed E-state index contributed by atoms with van der Waals surface area (Å²) in [6, 6.07) is 11.2. The van der Waals surface area contributed by atoms with E-state index in [4.69, 9.17) is 5.84 Å². The number of unbranched alkanes of at least 4 members (excludes halogenated alkanes) is 3. The summed E-state index contributed by atoms with van der Waals surface area (Å²) in [5.41, 5.74) is 2.85. The van der Waals surface area contributed by atoms with E-state index >= 15 is 0 Å². The molecule has 2 heterocycles. The summed E-state index contributed by atoms with van der Waals surface area (Å²) >= 11 is 0. The molecule has 1 aromatic heterocycles. The number of ketones is 1. The van der Waals surface area contributed by atoms with Gasteiger partial charge in [-0.2, -0.15) is 9.89 Å². The fourth-order valence-corrected chi connectivity index (χ4v) is 4.57. The summed E-state index contributed by atoms with van der Waals surface area (Å²) in [6.07, 6.45) is 7.27. The molecular weight excluding hydrogens is 391 g/mol. The van der Waals surface area contributed by atoms with Crippen molar-refractivity contribution in [3.63, 3.8) is 0 Å². The van der Waals surface area contributed by atoms with Crippen molar-refractivity contribution in [3.8, 4) is 0 Å². The van der Waals surface area contributed by atoms with E-state index in [2.05, 4.69) is 16.9 Å². The van der Waals surface area contributed by atoms with E-state index in [9.17, 15) is 9.18 Å². The van der Waals surface area contributed by atoms with Crippen LogP contribution in [0.5, 0.6) is 0 Å². The summed E-state index contributed by atoms with van der Waals surface area (Å²) in [4.78, 5) is 16.9. The first kappa shape index (κ1) is 21.5.